The predicted octanol–water partition coefficient (Wildman–Crippen LogP) is 2.05. The molecule has 0 radical (unpaired) electrons. The van der Waals surface area contributed by atoms with Crippen LogP contribution in [-0.4, -0.2) is 46.7 Å². The van der Waals surface area contributed by atoms with Crippen molar-refractivity contribution in [1.29, 1.82) is 0 Å². The van der Waals surface area contributed by atoms with Crippen molar-refractivity contribution in [2.45, 2.75) is 31.3 Å². The van der Waals surface area contributed by atoms with Crippen LogP contribution in [0.4, 0.5) is 0 Å². The molecule has 1 aliphatic rings. The van der Waals surface area contributed by atoms with Crippen molar-refractivity contribution < 1.29 is 18.3 Å². The van der Waals surface area contributed by atoms with Crippen molar-refractivity contribution in [1.82, 2.24) is 14.1 Å². The summed E-state index contributed by atoms with van der Waals surface area (Å²) >= 11 is 0. The Labute approximate surface area is 146 Å². The Morgan fingerprint density at radius 3 is 2.48 bits per heavy atom. The molecule has 1 aromatic heterocycles. The maximum absolute atomic E-state index is 12.9. The summed E-state index contributed by atoms with van der Waals surface area (Å²) in [5.41, 5.74) is 0.632. The maximum Gasteiger partial charge on any atom is 0.340 e. The van der Waals surface area contributed by atoms with E-state index in [4.69, 9.17) is 0 Å². The van der Waals surface area contributed by atoms with Gasteiger partial charge in [0.05, 0.1) is 6.54 Å². The van der Waals surface area contributed by atoms with Crippen LogP contribution in [0.5, 0.6) is 0 Å². The summed E-state index contributed by atoms with van der Waals surface area (Å²) in [5, 5.41) is 13.1. The van der Waals surface area contributed by atoms with E-state index in [0.717, 1.165) is 18.4 Å². The molecule has 1 aromatic carbocycles. The highest BCUT2D eigenvalue weighted by atomic mass is 32.2. The van der Waals surface area contributed by atoms with E-state index in [2.05, 4.69) is 12.0 Å². The second-order valence-corrected chi connectivity index (χ2v) is 8.28. The number of nitrogens with zero attached hydrogens (tertiary/aromatic N) is 3. The molecule has 7 nitrogen and oxygen atoms in total. The summed E-state index contributed by atoms with van der Waals surface area (Å²) < 4.78 is 28.5. The summed E-state index contributed by atoms with van der Waals surface area (Å²) in [6, 6.07) is 9.36. The van der Waals surface area contributed by atoms with E-state index in [-0.39, 0.29) is 10.6 Å². The van der Waals surface area contributed by atoms with Crippen molar-refractivity contribution in [3.05, 3.63) is 47.7 Å². The first-order valence-electron chi connectivity index (χ1n) is 8.23. The van der Waals surface area contributed by atoms with E-state index in [1.54, 1.807) is 0 Å². The van der Waals surface area contributed by atoms with Gasteiger partial charge in [-0.05, 0) is 24.3 Å². The number of carboxylic acids is 1. The minimum absolute atomic E-state index is 0.283. The molecule has 0 aliphatic carbocycles. The lowest BCUT2D eigenvalue weighted by Crippen LogP contribution is -2.38. The molecular weight excluding hydrogens is 342 g/mol. The van der Waals surface area contributed by atoms with Gasteiger partial charge in [0.25, 0.3) is 10.0 Å². The lowest BCUT2D eigenvalue weighted by molar-refractivity contribution is 0.0692. The van der Waals surface area contributed by atoms with Gasteiger partial charge in [-0.1, -0.05) is 37.3 Å². The van der Waals surface area contributed by atoms with Gasteiger partial charge in [0.1, 0.15) is 5.56 Å². The fraction of sp³-hybridized carbons (Fsp3) is 0.412. The molecule has 2 aromatic rings. The second-order valence-electron chi connectivity index (χ2n) is 6.42. The molecule has 1 fully saturated rings. The SMILES string of the molecule is CC1CCN(S(=O)(=O)c2nn(Cc3ccccc3)cc2C(=O)O)CC1. The largest absolute Gasteiger partial charge is 0.478 e. The van der Waals surface area contributed by atoms with E-state index in [0.29, 0.717) is 25.6 Å². The fourth-order valence-corrected chi connectivity index (χ4v) is 4.50. The molecule has 1 saturated heterocycles. The van der Waals surface area contributed by atoms with Gasteiger partial charge >= 0.3 is 5.97 Å². The zero-order valence-electron chi connectivity index (χ0n) is 14.0. The van der Waals surface area contributed by atoms with Crippen molar-refractivity contribution in [3.63, 3.8) is 0 Å². The van der Waals surface area contributed by atoms with Gasteiger partial charge < -0.3 is 5.11 Å². The normalized spacial score (nSPS) is 16.8. The van der Waals surface area contributed by atoms with Gasteiger partial charge in [-0.15, -0.1) is 0 Å². The van der Waals surface area contributed by atoms with Crippen LogP contribution < -0.4 is 0 Å². The van der Waals surface area contributed by atoms with Gasteiger partial charge in [0, 0.05) is 19.3 Å². The lowest BCUT2D eigenvalue weighted by Gasteiger charge is -2.28. The summed E-state index contributed by atoms with van der Waals surface area (Å²) in [7, 11) is -3.91. The maximum atomic E-state index is 12.9. The third kappa shape index (κ3) is 3.74. The summed E-state index contributed by atoms with van der Waals surface area (Å²) in [6.45, 7) is 3.19. The Balaban J connectivity index is 1.93. The number of rotatable bonds is 5. The zero-order chi connectivity index (χ0) is 18.0. The standard InChI is InChI=1S/C17H21N3O4S/c1-13-7-9-20(10-8-13)25(23,24)16-15(17(21)22)12-19(18-16)11-14-5-3-2-4-6-14/h2-6,12-13H,7-11H2,1H3,(H,21,22). The van der Waals surface area contributed by atoms with Gasteiger partial charge in [0.2, 0.25) is 5.03 Å². The van der Waals surface area contributed by atoms with Crippen molar-refractivity contribution in [2.24, 2.45) is 5.92 Å². The number of hydrogen-bond donors (Lipinski definition) is 1. The van der Waals surface area contributed by atoms with Crippen LogP contribution in [0.15, 0.2) is 41.6 Å². The number of carboxylic acid groups (broad SMARTS) is 1. The number of aromatic nitrogens is 2. The van der Waals surface area contributed by atoms with E-state index in [1.165, 1.54) is 15.2 Å². The highest BCUT2D eigenvalue weighted by Crippen LogP contribution is 2.25. The third-order valence-electron chi connectivity index (χ3n) is 4.47. The van der Waals surface area contributed by atoms with Crippen molar-refractivity contribution in [3.8, 4) is 0 Å². The average molecular weight is 363 g/mol. The van der Waals surface area contributed by atoms with Crippen LogP contribution in [-0.2, 0) is 16.6 Å². The first kappa shape index (κ1) is 17.6. The Morgan fingerprint density at radius 2 is 1.88 bits per heavy atom. The molecule has 0 amide bonds. The van der Waals surface area contributed by atoms with Crippen LogP contribution in [0.1, 0.15) is 35.7 Å². The van der Waals surface area contributed by atoms with Crippen molar-refractivity contribution >= 4 is 16.0 Å². The Hall–Kier alpha value is -2.19. The van der Waals surface area contributed by atoms with E-state index in [9.17, 15) is 18.3 Å². The zero-order valence-corrected chi connectivity index (χ0v) is 14.8. The van der Waals surface area contributed by atoms with Gasteiger partial charge in [-0.3, -0.25) is 4.68 Å². The molecular formula is C17H21N3O4S. The Morgan fingerprint density at radius 1 is 1.24 bits per heavy atom. The van der Waals surface area contributed by atoms with Crippen LogP contribution in [0.3, 0.4) is 0 Å². The van der Waals surface area contributed by atoms with Crippen LogP contribution >= 0.6 is 0 Å². The second kappa shape index (κ2) is 6.97. The molecule has 0 saturated carbocycles. The van der Waals surface area contributed by atoms with Crippen LogP contribution in [0.25, 0.3) is 0 Å². The third-order valence-corrected chi connectivity index (χ3v) is 6.31. The fourth-order valence-electron chi connectivity index (χ4n) is 2.94. The lowest BCUT2D eigenvalue weighted by atomic mass is 10.0. The predicted molar refractivity (Wildman–Crippen MR) is 91.9 cm³/mol. The molecule has 25 heavy (non-hydrogen) atoms. The van der Waals surface area contributed by atoms with Crippen molar-refractivity contribution in [2.75, 3.05) is 13.1 Å². The minimum atomic E-state index is -3.91. The highest BCUT2D eigenvalue weighted by molar-refractivity contribution is 7.89. The monoisotopic (exact) mass is 363 g/mol. The quantitative estimate of drug-likeness (QED) is 0.878. The van der Waals surface area contributed by atoms with E-state index >= 15 is 0 Å². The minimum Gasteiger partial charge on any atom is -0.478 e. The van der Waals surface area contributed by atoms with Gasteiger partial charge in [-0.25, -0.2) is 13.2 Å². The van der Waals surface area contributed by atoms with Gasteiger partial charge in [0.15, 0.2) is 0 Å². The molecule has 0 spiro atoms. The molecule has 2 heterocycles. The number of piperidine rings is 1. The first-order chi connectivity index (χ1) is 11.9. The number of aromatic carboxylic acids is 1. The topological polar surface area (TPSA) is 92.5 Å². The molecule has 1 N–H and O–H groups in total. The molecule has 0 unspecified atom stereocenters. The molecule has 3 rings (SSSR count). The summed E-state index contributed by atoms with van der Waals surface area (Å²) in [5.74, 6) is -0.815. The average Bonchev–Trinajstić information content (AvgIpc) is 3.01. The molecule has 0 atom stereocenters. The van der Waals surface area contributed by atoms with E-state index < -0.39 is 16.0 Å². The molecule has 1 aliphatic heterocycles. The van der Waals surface area contributed by atoms with Crippen LogP contribution in [0.2, 0.25) is 0 Å². The number of carbonyl (C=O) groups is 1. The summed E-state index contributed by atoms with van der Waals surface area (Å²) in [4.78, 5) is 11.5. The number of benzene rings is 1. The first-order valence-corrected chi connectivity index (χ1v) is 9.67. The Kier molecular flexibility index (Phi) is 4.91. The number of sulfonamides is 1. The smallest absolute Gasteiger partial charge is 0.340 e. The Bertz CT molecular complexity index is 853. The molecule has 134 valence electrons. The highest BCUT2D eigenvalue weighted by Gasteiger charge is 2.34. The number of hydrogen-bond acceptors (Lipinski definition) is 4. The van der Waals surface area contributed by atoms with E-state index in [1.807, 2.05) is 30.3 Å². The molecule has 8 heteroatoms. The van der Waals surface area contributed by atoms with Crippen LogP contribution in [0, 0.1) is 5.92 Å². The van der Waals surface area contributed by atoms with Gasteiger partial charge in [-0.2, -0.15) is 9.40 Å². The summed E-state index contributed by atoms with van der Waals surface area (Å²) in [6.07, 6.45) is 2.83. The molecule has 0 bridgehead atoms.